The number of rotatable bonds is 0. The number of anilines is 2. The molecule has 1 atom stereocenters. The molecule has 1 aliphatic rings. The van der Waals surface area contributed by atoms with E-state index in [-0.39, 0.29) is 11.8 Å². The summed E-state index contributed by atoms with van der Waals surface area (Å²) in [5.41, 5.74) is 8.27. The molecule has 1 heterocycles. The second kappa shape index (κ2) is 3.70. The highest BCUT2D eigenvalue weighted by molar-refractivity contribution is 5.97. The van der Waals surface area contributed by atoms with Crippen molar-refractivity contribution in [1.29, 1.82) is 0 Å². The van der Waals surface area contributed by atoms with Gasteiger partial charge in [-0.15, -0.1) is 0 Å². The van der Waals surface area contributed by atoms with E-state index in [9.17, 15) is 4.79 Å². The van der Waals surface area contributed by atoms with Gasteiger partial charge in [0.05, 0.1) is 23.9 Å². The van der Waals surface area contributed by atoms with Crippen LogP contribution < -0.4 is 15.4 Å². The van der Waals surface area contributed by atoms with Gasteiger partial charge in [0.2, 0.25) is 5.91 Å². The molecule has 2 N–H and O–H groups in total. The van der Waals surface area contributed by atoms with Gasteiger partial charge in [0.15, 0.2) is 5.75 Å². The highest BCUT2D eigenvalue weighted by Gasteiger charge is 2.27. The summed E-state index contributed by atoms with van der Waals surface area (Å²) < 4.78 is 5.60. The molecule has 0 radical (unpaired) electrons. The highest BCUT2D eigenvalue weighted by atomic mass is 16.5. The van der Waals surface area contributed by atoms with Crippen molar-refractivity contribution in [3.05, 3.63) is 17.7 Å². The lowest BCUT2D eigenvalue weighted by molar-refractivity contribution is -0.122. The fraction of sp³-hybridized carbons (Fsp3) is 0.417. The second-order valence-corrected chi connectivity index (χ2v) is 4.31. The third-order valence-electron chi connectivity index (χ3n) is 2.83. The molecule has 16 heavy (non-hydrogen) atoms. The largest absolute Gasteiger partial charge is 0.488 e. The molecule has 0 saturated heterocycles. The predicted octanol–water partition coefficient (Wildman–Crippen LogP) is 1.57. The van der Waals surface area contributed by atoms with E-state index in [4.69, 9.17) is 10.5 Å². The smallest absolute Gasteiger partial charge is 0.233 e. The van der Waals surface area contributed by atoms with E-state index in [1.807, 2.05) is 26.0 Å². The summed E-state index contributed by atoms with van der Waals surface area (Å²) in [4.78, 5) is 13.6. The maximum atomic E-state index is 11.9. The number of hydrogen-bond acceptors (Lipinski definition) is 3. The lowest BCUT2D eigenvalue weighted by atomic mass is 10.1. The van der Waals surface area contributed by atoms with E-state index in [1.54, 1.807) is 11.9 Å². The van der Waals surface area contributed by atoms with Crippen molar-refractivity contribution in [3.63, 3.8) is 0 Å². The molecule has 1 unspecified atom stereocenters. The molecular formula is C12H16N2O2. The van der Waals surface area contributed by atoms with Crippen LogP contribution in [0.5, 0.6) is 5.75 Å². The Labute approximate surface area is 95.0 Å². The van der Waals surface area contributed by atoms with E-state index in [2.05, 4.69) is 0 Å². The molecule has 1 aliphatic heterocycles. The van der Waals surface area contributed by atoms with Crippen molar-refractivity contribution in [3.8, 4) is 5.75 Å². The number of carbonyl (C=O) groups excluding carboxylic acids is 1. The van der Waals surface area contributed by atoms with Crippen LogP contribution in [-0.2, 0) is 4.79 Å². The summed E-state index contributed by atoms with van der Waals surface area (Å²) in [6.07, 6.45) is 0. The lowest BCUT2D eigenvalue weighted by Crippen LogP contribution is -2.31. The zero-order valence-corrected chi connectivity index (χ0v) is 9.78. The molecule has 1 aromatic carbocycles. The number of aryl methyl sites for hydroxylation is 1. The first-order valence-corrected chi connectivity index (χ1v) is 5.31. The SMILES string of the molecule is Cc1cc(N)c2c(c1)N(C)C(=O)C(C)CO2. The molecule has 0 saturated carbocycles. The molecule has 0 bridgehead atoms. The molecule has 0 aliphatic carbocycles. The Kier molecular flexibility index (Phi) is 2.50. The topological polar surface area (TPSA) is 55.6 Å². The van der Waals surface area contributed by atoms with Gasteiger partial charge in [-0.1, -0.05) is 6.92 Å². The second-order valence-electron chi connectivity index (χ2n) is 4.31. The normalized spacial score (nSPS) is 20.1. The number of nitrogens with two attached hydrogens (primary N) is 1. The first-order chi connectivity index (χ1) is 7.50. The quantitative estimate of drug-likeness (QED) is 0.675. The number of ether oxygens (including phenoxy) is 1. The average Bonchev–Trinajstić information content (AvgIpc) is 2.32. The van der Waals surface area contributed by atoms with Gasteiger partial charge in [-0.2, -0.15) is 0 Å². The summed E-state index contributed by atoms with van der Waals surface area (Å²) in [6, 6.07) is 3.77. The minimum Gasteiger partial charge on any atom is -0.488 e. The maximum Gasteiger partial charge on any atom is 0.233 e. The van der Waals surface area contributed by atoms with Crippen LogP contribution in [0, 0.1) is 12.8 Å². The fourth-order valence-corrected chi connectivity index (χ4v) is 1.92. The summed E-state index contributed by atoms with van der Waals surface area (Å²) in [5.74, 6) is 0.534. The van der Waals surface area contributed by atoms with Gasteiger partial charge in [0.25, 0.3) is 0 Å². The molecule has 0 spiro atoms. The lowest BCUT2D eigenvalue weighted by Gasteiger charge is -2.19. The summed E-state index contributed by atoms with van der Waals surface area (Å²) in [5, 5.41) is 0. The van der Waals surface area contributed by atoms with Crippen LogP contribution in [0.15, 0.2) is 12.1 Å². The number of nitrogens with zero attached hydrogens (tertiary/aromatic N) is 1. The van der Waals surface area contributed by atoms with Gasteiger partial charge in [0, 0.05) is 7.05 Å². The van der Waals surface area contributed by atoms with Crippen molar-refractivity contribution in [2.45, 2.75) is 13.8 Å². The third kappa shape index (κ3) is 1.60. The van der Waals surface area contributed by atoms with Gasteiger partial charge in [0.1, 0.15) is 0 Å². The predicted molar refractivity (Wildman–Crippen MR) is 63.7 cm³/mol. The van der Waals surface area contributed by atoms with E-state index in [1.165, 1.54) is 0 Å². The van der Waals surface area contributed by atoms with Gasteiger partial charge in [-0.05, 0) is 24.6 Å². The van der Waals surface area contributed by atoms with Gasteiger partial charge in [-0.3, -0.25) is 4.79 Å². The van der Waals surface area contributed by atoms with E-state index in [0.29, 0.717) is 18.0 Å². The molecule has 2 rings (SSSR count). The van der Waals surface area contributed by atoms with Crippen LogP contribution in [-0.4, -0.2) is 19.6 Å². The molecule has 4 nitrogen and oxygen atoms in total. The average molecular weight is 220 g/mol. The Morgan fingerprint density at radius 2 is 2.19 bits per heavy atom. The van der Waals surface area contributed by atoms with Crippen molar-refractivity contribution in [2.24, 2.45) is 5.92 Å². The standard InChI is InChI=1S/C12H16N2O2/c1-7-4-9(13)11-10(5-7)14(3)12(15)8(2)6-16-11/h4-5,8H,6,13H2,1-3H3. The Balaban J connectivity index is 2.57. The molecule has 4 heteroatoms. The number of fused-ring (bicyclic) bond motifs is 1. The Bertz CT molecular complexity index is 443. The van der Waals surface area contributed by atoms with E-state index >= 15 is 0 Å². The van der Waals surface area contributed by atoms with Crippen LogP contribution >= 0.6 is 0 Å². The summed E-state index contributed by atoms with van der Waals surface area (Å²) >= 11 is 0. The van der Waals surface area contributed by atoms with E-state index in [0.717, 1.165) is 11.3 Å². The Morgan fingerprint density at radius 3 is 2.88 bits per heavy atom. The minimum absolute atomic E-state index is 0.0590. The number of benzene rings is 1. The molecule has 86 valence electrons. The van der Waals surface area contributed by atoms with Gasteiger partial charge < -0.3 is 15.4 Å². The highest BCUT2D eigenvalue weighted by Crippen LogP contribution is 2.37. The van der Waals surface area contributed by atoms with Crippen molar-refractivity contribution in [1.82, 2.24) is 0 Å². The third-order valence-corrected chi connectivity index (χ3v) is 2.83. The minimum atomic E-state index is -0.142. The monoisotopic (exact) mass is 220 g/mol. The Morgan fingerprint density at radius 1 is 1.50 bits per heavy atom. The molecule has 1 amide bonds. The molecule has 0 fully saturated rings. The van der Waals surface area contributed by atoms with Crippen LogP contribution in [0.4, 0.5) is 11.4 Å². The van der Waals surface area contributed by atoms with Crippen LogP contribution in [0.25, 0.3) is 0 Å². The van der Waals surface area contributed by atoms with E-state index < -0.39 is 0 Å². The maximum absolute atomic E-state index is 11.9. The van der Waals surface area contributed by atoms with Crippen molar-refractivity contribution < 1.29 is 9.53 Å². The Hall–Kier alpha value is -1.71. The van der Waals surface area contributed by atoms with Gasteiger partial charge in [-0.25, -0.2) is 0 Å². The summed E-state index contributed by atoms with van der Waals surface area (Å²) in [7, 11) is 1.76. The molecule has 1 aromatic rings. The first kappa shape index (κ1) is 10.8. The molecular weight excluding hydrogens is 204 g/mol. The number of hydrogen-bond donors (Lipinski definition) is 1. The van der Waals surface area contributed by atoms with Crippen LogP contribution in [0.1, 0.15) is 12.5 Å². The zero-order chi connectivity index (χ0) is 11.9. The van der Waals surface area contributed by atoms with Crippen molar-refractivity contribution >= 4 is 17.3 Å². The van der Waals surface area contributed by atoms with Crippen LogP contribution in [0.2, 0.25) is 0 Å². The number of amides is 1. The van der Waals surface area contributed by atoms with Gasteiger partial charge >= 0.3 is 0 Å². The van der Waals surface area contributed by atoms with Crippen molar-refractivity contribution in [2.75, 3.05) is 24.3 Å². The fourth-order valence-electron chi connectivity index (χ4n) is 1.92. The zero-order valence-electron chi connectivity index (χ0n) is 9.78. The number of nitrogen functional groups attached to an aromatic ring is 1. The number of carbonyl (C=O) groups is 1. The first-order valence-electron chi connectivity index (χ1n) is 5.31. The summed E-state index contributed by atoms with van der Waals surface area (Å²) in [6.45, 7) is 4.18. The molecule has 0 aromatic heterocycles. The van der Waals surface area contributed by atoms with Crippen LogP contribution in [0.3, 0.4) is 0 Å².